The lowest BCUT2D eigenvalue weighted by Crippen LogP contribution is -2.34. The Morgan fingerprint density at radius 3 is 2.56 bits per heavy atom. The van der Waals surface area contributed by atoms with Crippen LogP contribution in [0.25, 0.3) is 0 Å². The van der Waals surface area contributed by atoms with Crippen molar-refractivity contribution in [2.75, 3.05) is 24.0 Å². The highest BCUT2D eigenvalue weighted by Crippen LogP contribution is 2.23. The Bertz CT molecular complexity index is 453. The monoisotopic (exact) mass is 264 g/mol. The topological polar surface area (TPSA) is 52.8 Å². The molecule has 0 fully saturated rings. The molecule has 0 spiro atoms. The van der Waals surface area contributed by atoms with Crippen LogP contribution in [0.4, 0.5) is 5.82 Å². The fourth-order valence-electron chi connectivity index (χ4n) is 1.85. The van der Waals surface area contributed by atoms with Crippen molar-refractivity contribution >= 4 is 17.6 Å². The summed E-state index contributed by atoms with van der Waals surface area (Å²) >= 11 is 1.81. The summed E-state index contributed by atoms with van der Waals surface area (Å²) in [7, 11) is 1.99. The van der Waals surface area contributed by atoms with Gasteiger partial charge in [0.05, 0.1) is 5.69 Å². The van der Waals surface area contributed by atoms with Crippen LogP contribution >= 0.6 is 11.8 Å². The normalized spacial score (nSPS) is 12.0. The zero-order chi connectivity index (χ0) is 13.7. The van der Waals surface area contributed by atoms with Gasteiger partial charge in [0.2, 0.25) is 0 Å². The molecule has 1 atom stereocenters. The quantitative estimate of drug-likeness (QED) is 0.818. The van der Waals surface area contributed by atoms with Crippen LogP contribution in [0.2, 0.25) is 0 Å². The highest BCUT2D eigenvalue weighted by molar-refractivity contribution is 7.98. The van der Waals surface area contributed by atoms with E-state index in [-0.39, 0.29) is 0 Å². The van der Waals surface area contributed by atoms with Gasteiger partial charge in [0.25, 0.3) is 0 Å². The summed E-state index contributed by atoms with van der Waals surface area (Å²) in [4.78, 5) is 2.08. The van der Waals surface area contributed by atoms with Gasteiger partial charge >= 0.3 is 0 Å². The van der Waals surface area contributed by atoms with E-state index in [1.54, 1.807) is 11.8 Å². The first-order valence-corrected chi connectivity index (χ1v) is 7.41. The third kappa shape index (κ3) is 2.94. The molecule has 5 heteroatoms. The molecule has 0 saturated carbocycles. The van der Waals surface area contributed by atoms with Crippen molar-refractivity contribution in [2.45, 2.75) is 33.2 Å². The third-order valence-electron chi connectivity index (χ3n) is 3.26. The molecule has 0 radical (unpaired) electrons. The highest BCUT2D eigenvalue weighted by atomic mass is 32.2. The number of aromatic nitrogens is 2. The second kappa shape index (κ2) is 6.60. The van der Waals surface area contributed by atoms with E-state index in [1.165, 1.54) is 0 Å². The number of thioether (sulfide) groups is 1. The third-order valence-corrected chi connectivity index (χ3v) is 3.98. The predicted molar refractivity (Wildman–Crippen MR) is 77.1 cm³/mol. The van der Waals surface area contributed by atoms with Crippen molar-refractivity contribution in [2.24, 2.45) is 0 Å². The first-order chi connectivity index (χ1) is 8.56. The van der Waals surface area contributed by atoms with Crippen molar-refractivity contribution in [3.05, 3.63) is 16.8 Å². The van der Waals surface area contributed by atoms with Gasteiger partial charge in [0.15, 0.2) is 5.82 Å². The summed E-state index contributed by atoms with van der Waals surface area (Å²) in [6.45, 7) is 5.96. The summed E-state index contributed by atoms with van der Waals surface area (Å²) in [6, 6.07) is 2.63. The Morgan fingerprint density at radius 1 is 1.39 bits per heavy atom. The molecule has 0 saturated heterocycles. The molecule has 1 aromatic rings. The maximum absolute atomic E-state index is 9.31. The molecule has 0 amide bonds. The Labute approximate surface area is 113 Å². The first-order valence-electron chi connectivity index (χ1n) is 6.02. The smallest absolute Gasteiger partial charge is 0.169 e. The minimum Gasteiger partial charge on any atom is -0.353 e. The van der Waals surface area contributed by atoms with Gasteiger partial charge in [0, 0.05) is 18.8 Å². The number of nitriles is 1. The van der Waals surface area contributed by atoms with E-state index in [4.69, 9.17) is 0 Å². The van der Waals surface area contributed by atoms with Crippen molar-refractivity contribution in [3.63, 3.8) is 0 Å². The summed E-state index contributed by atoms with van der Waals surface area (Å²) in [5.41, 5.74) is 2.39. The Kier molecular flexibility index (Phi) is 5.42. The van der Waals surface area contributed by atoms with E-state index in [0.717, 1.165) is 23.4 Å². The lowest BCUT2D eigenvalue weighted by molar-refractivity contribution is 0.659. The van der Waals surface area contributed by atoms with E-state index in [1.807, 2.05) is 20.9 Å². The Morgan fingerprint density at radius 2 is 2.06 bits per heavy atom. The molecule has 0 aliphatic heterocycles. The lowest BCUT2D eigenvalue weighted by atomic mass is 10.1. The van der Waals surface area contributed by atoms with Crippen LogP contribution in [0.1, 0.15) is 30.2 Å². The molecule has 18 heavy (non-hydrogen) atoms. The minimum atomic E-state index is 0.378. The number of aryl methyl sites for hydroxylation is 1. The summed E-state index contributed by atoms with van der Waals surface area (Å²) in [5, 5.41) is 17.6. The molecule has 1 heterocycles. The number of hydrogen-bond acceptors (Lipinski definition) is 5. The van der Waals surface area contributed by atoms with Crippen LogP contribution in [0.3, 0.4) is 0 Å². The van der Waals surface area contributed by atoms with Crippen LogP contribution < -0.4 is 4.90 Å². The van der Waals surface area contributed by atoms with Crippen LogP contribution in [0.5, 0.6) is 0 Å². The van der Waals surface area contributed by atoms with Crippen LogP contribution in [0.15, 0.2) is 0 Å². The molecular weight excluding hydrogens is 244 g/mol. The van der Waals surface area contributed by atoms with Crippen molar-refractivity contribution in [1.82, 2.24) is 10.2 Å². The molecule has 4 nitrogen and oxygen atoms in total. The molecule has 0 aliphatic carbocycles. The number of anilines is 1. The number of rotatable bonds is 5. The fraction of sp³-hybridized carbons (Fsp3) is 0.615. The van der Waals surface area contributed by atoms with E-state index in [2.05, 4.69) is 34.3 Å². The van der Waals surface area contributed by atoms with E-state index in [9.17, 15) is 5.26 Å². The zero-order valence-corrected chi connectivity index (χ0v) is 12.5. The zero-order valence-electron chi connectivity index (χ0n) is 11.7. The molecule has 1 aromatic heterocycles. The standard InChI is InChI=1S/C13H20N4S/c1-6-11(8-18-5)17(4)13-12(7-14)9(2)10(3)15-16-13/h11H,6,8H2,1-5H3. The molecular formula is C13H20N4S. The first kappa shape index (κ1) is 14.8. The summed E-state index contributed by atoms with van der Waals surface area (Å²) < 4.78 is 0. The molecule has 0 aromatic carbocycles. The van der Waals surface area contributed by atoms with Gasteiger partial charge in [0.1, 0.15) is 11.6 Å². The maximum Gasteiger partial charge on any atom is 0.169 e. The Hall–Kier alpha value is -1.28. The van der Waals surface area contributed by atoms with Crippen molar-refractivity contribution in [3.8, 4) is 6.07 Å². The maximum atomic E-state index is 9.31. The predicted octanol–water partition coefficient (Wildman–Crippen LogP) is 2.54. The van der Waals surface area contributed by atoms with Crippen LogP contribution in [0, 0.1) is 25.2 Å². The molecule has 1 unspecified atom stereocenters. The average molecular weight is 264 g/mol. The summed E-state index contributed by atoms with van der Waals surface area (Å²) in [6.07, 6.45) is 3.12. The fourth-order valence-corrected chi connectivity index (χ4v) is 2.69. The second-order valence-corrected chi connectivity index (χ2v) is 5.26. The highest BCUT2D eigenvalue weighted by Gasteiger charge is 2.19. The molecule has 0 N–H and O–H groups in total. The van der Waals surface area contributed by atoms with Gasteiger partial charge in [-0.2, -0.15) is 22.1 Å². The second-order valence-electron chi connectivity index (χ2n) is 4.35. The Balaban J connectivity index is 3.17. The van der Waals surface area contributed by atoms with Crippen molar-refractivity contribution < 1.29 is 0 Å². The largest absolute Gasteiger partial charge is 0.353 e. The van der Waals surface area contributed by atoms with Gasteiger partial charge in [-0.1, -0.05) is 6.92 Å². The molecule has 0 bridgehead atoms. The minimum absolute atomic E-state index is 0.378. The van der Waals surface area contributed by atoms with Gasteiger partial charge in [-0.25, -0.2) is 0 Å². The van der Waals surface area contributed by atoms with Gasteiger partial charge < -0.3 is 4.90 Å². The average Bonchev–Trinajstić information content (AvgIpc) is 2.38. The van der Waals surface area contributed by atoms with E-state index < -0.39 is 0 Å². The van der Waals surface area contributed by atoms with Crippen LogP contribution in [-0.2, 0) is 0 Å². The molecule has 0 aliphatic rings. The summed E-state index contributed by atoms with van der Waals surface area (Å²) in [5.74, 6) is 1.72. The van der Waals surface area contributed by atoms with Crippen molar-refractivity contribution in [1.29, 1.82) is 5.26 Å². The van der Waals surface area contributed by atoms with Crippen LogP contribution in [-0.4, -0.2) is 35.3 Å². The van der Waals surface area contributed by atoms with Gasteiger partial charge in [-0.3, -0.25) is 0 Å². The number of hydrogen-bond donors (Lipinski definition) is 0. The molecule has 1 rings (SSSR count). The lowest BCUT2D eigenvalue weighted by Gasteiger charge is -2.28. The number of nitrogens with zero attached hydrogens (tertiary/aromatic N) is 4. The SMILES string of the molecule is CCC(CSC)N(C)c1nnc(C)c(C)c1C#N. The van der Waals surface area contributed by atoms with Gasteiger partial charge in [-0.15, -0.1) is 5.10 Å². The van der Waals surface area contributed by atoms with Gasteiger partial charge in [-0.05, 0) is 32.1 Å². The van der Waals surface area contributed by atoms with E-state index in [0.29, 0.717) is 17.4 Å². The molecule has 98 valence electrons. The van der Waals surface area contributed by atoms with E-state index >= 15 is 0 Å².